The summed E-state index contributed by atoms with van der Waals surface area (Å²) >= 11 is 0. The summed E-state index contributed by atoms with van der Waals surface area (Å²) in [6.07, 6.45) is 0.970. The van der Waals surface area contributed by atoms with Crippen LogP contribution in [-0.2, 0) is 19.1 Å². The zero-order chi connectivity index (χ0) is 12.8. The van der Waals surface area contributed by atoms with Crippen molar-refractivity contribution in [1.29, 1.82) is 0 Å². The Kier molecular flexibility index (Phi) is 6.03. The van der Waals surface area contributed by atoms with E-state index in [1.807, 2.05) is 13.8 Å². The number of hydrogen-bond acceptors (Lipinski definition) is 5. The van der Waals surface area contributed by atoms with Crippen LogP contribution in [0.25, 0.3) is 0 Å². The molecular weight excluding hydrogens is 210 g/mol. The van der Waals surface area contributed by atoms with Crippen LogP contribution in [0.2, 0.25) is 0 Å². The smallest absolute Gasteiger partial charge is 0.329 e. The number of carbonyl (C=O) groups is 2. The number of carbonyl (C=O) groups excluding carboxylic acids is 2. The summed E-state index contributed by atoms with van der Waals surface area (Å²) in [5.41, 5.74) is 4.77. The van der Waals surface area contributed by atoms with Crippen LogP contribution in [0.15, 0.2) is 0 Å². The first kappa shape index (κ1) is 14.9. The first-order valence-corrected chi connectivity index (χ1v) is 5.46. The number of nitrogens with two attached hydrogens (primary N) is 1. The van der Waals surface area contributed by atoms with Gasteiger partial charge in [0.1, 0.15) is 6.10 Å². The first-order chi connectivity index (χ1) is 7.42. The Morgan fingerprint density at radius 2 is 1.94 bits per heavy atom. The van der Waals surface area contributed by atoms with Crippen LogP contribution < -0.4 is 5.73 Å². The molecule has 0 aliphatic heterocycles. The summed E-state index contributed by atoms with van der Waals surface area (Å²) < 4.78 is 9.75. The maximum Gasteiger partial charge on any atom is 0.329 e. The summed E-state index contributed by atoms with van der Waals surface area (Å²) in [6.45, 7) is 5.02. The molecule has 0 fully saturated rings. The fourth-order valence-corrected chi connectivity index (χ4v) is 1.75. The number of esters is 2. The third-order valence-electron chi connectivity index (χ3n) is 2.48. The summed E-state index contributed by atoms with van der Waals surface area (Å²) in [5, 5.41) is 0. The van der Waals surface area contributed by atoms with Crippen LogP contribution >= 0.6 is 0 Å². The molecule has 0 aromatic heterocycles. The Morgan fingerprint density at radius 3 is 2.25 bits per heavy atom. The number of rotatable bonds is 6. The third-order valence-corrected chi connectivity index (χ3v) is 2.48. The van der Waals surface area contributed by atoms with E-state index in [1.54, 1.807) is 0 Å². The Bertz CT molecular complexity index is 254. The Balaban J connectivity index is 4.96. The van der Waals surface area contributed by atoms with Crippen LogP contribution in [0.5, 0.6) is 0 Å². The van der Waals surface area contributed by atoms with Crippen LogP contribution in [0, 0.1) is 0 Å². The second-order valence-corrected chi connectivity index (χ2v) is 3.79. The summed E-state index contributed by atoms with van der Waals surface area (Å²) in [6, 6.07) is 0. The van der Waals surface area contributed by atoms with Crippen molar-refractivity contribution in [2.45, 2.75) is 51.7 Å². The molecule has 0 radical (unpaired) electrons. The van der Waals surface area contributed by atoms with E-state index in [-0.39, 0.29) is 0 Å². The highest BCUT2D eigenvalue weighted by Crippen LogP contribution is 2.22. The Hall–Kier alpha value is -1.10. The van der Waals surface area contributed by atoms with Crippen molar-refractivity contribution < 1.29 is 19.1 Å². The minimum Gasteiger partial charge on any atom is -0.468 e. The van der Waals surface area contributed by atoms with Crippen molar-refractivity contribution in [2.24, 2.45) is 5.73 Å². The van der Waals surface area contributed by atoms with Gasteiger partial charge in [0, 0.05) is 6.92 Å². The van der Waals surface area contributed by atoms with Crippen molar-refractivity contribution >= 4 is 11.9 Å². The highest BCUT2D eigenvalue weighted by molar-refractivity contribution is 5.82. The first-order valence-electron chi connectivity index (χ1n) is 5.46. The van der Waals surface area contributed by atoms with E-state index < -0.39 is 23.6 Å². The maximum atomic E-state index is 11.7. The third kappa shape index (κ3) is 3.48. The lowest BCUT2D eigenvalue weighted by atomic mass is 9.87. The average molecular weight is 231 g/mol. The van der Waals surface area contributed by atoms with Gasteiger partial charge in [-0.05, 0) is 12.8 Å². The largest absolute Gasteiger partial charge is 0.468 e. The van der Waals surface area contributed by atoms with E-state index in [1.165, 1.54) is 14.0 Å². The molecule has 5 nitrogen and oxygen atoms in total. The van der Waals surface area contributed by atoms with Crippen LogP contribution in [-0.4, -0.2) is 30.7 Å². The molecule has 0 heterocycles. The molecule has 0 aliphatic rings. The fourth-order valence-electron chi connectivity index (χ4n) is 1.75. The quantitative estimate of drug-likeness (QED) is 0.690. The van der Waals surface area contributed by atoms with Gasteiger partial charge in [0.2, 0.25) is 0 Å². The minimum absolute atomic E-state index is 0.422. The van der Waals surface area contributed by atoms with Crippen LogP contribution in [0.3, 0.4) is 0 Å². The van der Waals surface area contributed by atoms with E-state index in [0.717, 1.165) is 0 Å². The fraction of sp³-hybridized carbons (Fsp3) is 0.818. The van der Waals surface area contributed by atoms with Crippen LogP contribution in [0.1, 0.15) is 40.0 Å². The van der Waals surface area contributed by atoms with Gasteiger partial charge in [-0.1, -0.05) is 20.3 Å². The SMILES string of the molecule is CCC[C@@](N)(C(=O)OC)[C@H](CC)OC(C)=O. The molecule has 0 saturated heterocycles. The van der Waals surface area contributed by atoms with Crippen molar-refractivity contribution in [3.8, 4) is 0 Å². The molecule has 0 unspecified atom stereocenters. The minimum atomic E-state index is -1.25. The van der Waals surface area contributed by atoms with Gasteiger partial charge in [0.05, 0.1) is 7.11 Å². The predicted molar refractivity (Wildman–Crippen MR) is 59.7 cm³/mol. The molecule has 0 aliphatic carbocycles. The van der Waals surface area contributed by atoms with Crippen LogP contribution in [0.4, 0.5) is 0 Å². The second kappa shape index (κ2) is 6.48. The zero-order valence-corrected chi connectivity index (χ0v) is 10.4. The van der Waals surface area contributed by atoms with Gasteiger partial charge in [0.25, 0.3) is 0 Å². The molecule has 5 heteroatoms. The van der Waals surface area contributed by atoms with E-state index in [2.05, 4.69) is 4.74 Å². The number of hydrogen-bond donors (Lipinski definition) is 1. The van der Waals surface area contributed by atoms with E-state index in [9.17, 15) is 9.59 Å². The summed E-state index contributed by atoms with van der Waals surface area (Å²) in [4.78, 5) is 22.6. The maximum absolute atomic E-state index is 11.7. The summed E-state index contributed by atoms with van der Waals surface area (Å²) in [5.74, 6) is -0.982. The Labute approximate surface area is 96.3 Å². The van der Waals surface area contributed by atoms with E-state index in [4.69, 9.17) is 10.5 Å². The lowest BCUT2D eigenvalue weighted by Crippen LogP contribution is -2.58. The van der Waals surface area contributed by atoms with Gasteiger partial charge in [-0.25, -0.2) is 4.79 Å². The molecule has 2 atom stereocenters. The number of methoxy groups -OCH3 is 1. The molecule has 0 saturated carbocycles. The van der Waals surface area contributed by atoms with E-state index >= 15 is 0 Å². The number of ether oxygens (including phenoxy) is 2. The molecule has 0 aromatic rings. The van der Waals surface area contributed by atoms with Gasteiger partial charge in [-0.2, -0.15) is 0 Å². The average Bonchev–Trinajstić information content (AvgIpc) is 2.24. The Morgan fingerprint density at radius 1 is 1.38 bits per heavy atom. The van der Waals surface area contributed by atoms with Gasteiger partial charge in [-0.15, -0.1) is 0 Å². The molecular formula is C11H21NO4. The van der Waals surface area contributed by atoms with Gasteiger partial charge in [0.15, 0.2) is 5.54 Å². The van der Waals surface area contributed by atoms with Gasteiger partial charge >= 0.3 is 11.9 Å². The predicted octanol–water partition coefficient (Wildman–Crippen LogP) is 0.999. The molecule has 0 aromatic carbocycles. The molecule has 16 heavy (non-hydrogen) atoms. The van der Waals surface area contributed by atoms with Crippen molar-refractivity contribution in [2.75, 3.05) is 7.11 Å². The molecule has 0 amide bonds. The monoisotopic (exact) mass is 231 g/mol. The summed E-state index contributed by atoms with van der Waals surface area (Å²) in [7, 11) is 1.28. The molecule has 2 N–H and O–H groups in total. The van der Waals surface area contributed by atoms with Crippen molar-refractivity contribution in [3.63, 3.8) is 0 Å². The lowest BCUT2D eigenvalue weighted by molar-refractivity contribution is -0.162. The lowest BCUT2D eigenvalue weighted by Gasteiger charge is -2.33. The second-order valence-electron chi connectivity index (χ2n) is 3.79. The normalized spacial score (nSPS) is 16.1. The molecule has 0 bridgehead atoms. The van der Waals surface area contributed by atoms with Gasteiger partial charge < -0.3 is 15.2 Å². The zero-order valence-electron chi connectivity index (χ0n) is 10.4. The van der Waals surface area contributed by atoms with Crippen molar-refractivity contribution in [3.05, 3.63) is 0 Å². The standard InChI is InChI=1S/C11H21NO4/c1-5-7-11(12,10(14)15-4)9(6-2)16-8(3)13/h9H,5-7,12H2,1-4H3/t9-,11-/m0/s1. The van der Waals surface area contributed by atoms with Gasteiger partial charge in [-0.3, -0.25) is 4.79 Å². The molecule has 94 valence electrons. The highest BCUT2D eigenvalue weighted by atomic mass is 16.6. The van der Waals surface area contributed by atoms with Crippen molar-refractivity contribution in [1.82, 2.24) is 0 Å². The van der Waals surface area contributed by atoms with E-state index in [0.29, 0.717) is 19.3 Å². The highest BCUT2D eigenvalue weighted by Gasteiger charge is 2.43. The molecule has 0 spiro atoms. The molecule has 0 rings (SSSR count). The topological polar surface area (TPSA) is 78.6 Å².